The normalized spacial score (nSPS) is 22.5. The molecule has 1 saturated heterocycles. The van der Waals surface area contributed by atoms with Gasteiger partial charge in [0.2, 0.25) is 5.78 Å². The van der Waals surface area contributed by atoms with Crippen LogP contribution in [0.1, 0.15) is 23.2 Å². The van der Waals surface area contributed by atoms with E-state index < -0.39 is 5.60 Å². The van der Waals surface area contributed by atoms with Gasteiger partial charge in [-0.3, -0.25) is 4.79 Å². The van der Waals surface area contributed by atoms with Gasteiger partial charge in [0.25, 0.3) is 0 Å². The number of benzene rings is 1. The Morgan fingerprint density at radius 3 is 2.60 bits per heavy atom. The number of hydrogen-bond donors (Lipinski definition) is 0. The van der Waals surface area contributed by atoms with Gasteiger partial charge in [0.1, 0.15) is 5.75 Å². The minimum atomic E-state index is -0.623. The predicted octanol–water partition coefficient (Wildman–Crippen LogP) is 1.81. The Hall–Kier alpha value is -1.35. The van der Waals surface area contributed by atoms with Gasteiger partial charge in [-0.15, -0.1) is 0 Å². The van der Waals surface area contributed by atoms with Gasteiger partial charge in [-0.05, 0) is 12.1 Å². The quantitative estimate of drug-likeness (QED) is 0.646. The highest BCUT2D eigenvalue weighted by atomic mass is 16.5. The second kappa shape index (κ2) is 3.07. The van der Waals surface area contributed by atoms with Crippen LogP contribution in [0.4, 0.5) is 0 Å². The van der Waals surface area contributed by atoms with Crippen molar-refractivity contribution in [2.75, 3.05) is 13.2 Å². The lowest BCUT2D eigenvalue weighted by Crippen LogP contribution is -2.45. The summed E-state index contributed by atoms with van der Waals surface area (Å²) in [7, 11) is 0. The lowest BCUT2D eigenvalue weighted by atomic mass is 9.88. The van der Waals surface area contributed by atoms with Crippen LogP contribution < -0.4 is 4.74 Å². The molecular formula is C12H12O3. The van der Waals surface area contributed by atoms with Gasteiger partial charge in [-0.25, -0.2) is 0 Å². The van der Waals surface area contributed by atoms with Crippen molar-refractivity contribution in [1.82, 2.24) is 0 Å². The fraction of sp³-hybridized carbons (Fsp3) is 0.417. The first-order valence-electron chi connectivity index (χ1n) is 5.22. The van der Waals surface area contributed by atoms with Crippen molar-refractivity contribution in [2.45, 2.75) is 18.4 Å². The summed E-state index contributed by atoms with van der Waals surface area (Å²) in [6.07, 6.45) is 1.33. The molecule has 0 N–H and O–H groups in total. The molecule has 0 bridgehead atoms. The van der Waals surface area contributed by atoms with Crippen molar-refractivity contribution >= 4 is 5.78 Å². The molecule has 0 unspecified atom stereocenters. The number of hydrogen-bond acceptors (Lipinski definition) is 3. The van der Waals surface area contributed by atoms with Crippen molar-refractivity contribution in [3.63, 3.8) is 0 Å². The van der Waals surface area contributed by atoms with E-state index in [-0.39, 0.29) is 5.78 Å². The molecule has 78 valence electrons. The van der Waals surface area contributed by atoms with E-state index in [1.54, 1.807) is 0 Å². The first-order valence-corrected chi connectivity index (χ1v) is 5.22. The SMILES string of the molecule is O=C1c2ccccc2OC12CCOCC2. The molecule has 2 aliphatic heterocycles. The Morgan fingerprint density at radius 1 is 1.13 bits per heavy atom. The maximum absolute atomic E-state index is 12.2. The van der Waals surface area contributed by atoms with Gasteiger partial charge < -0.3 is 9.47 Å². The molecule has 1 fully saturated rings. The smallest absolute Gasteiger partial charge is 0.210 e. The average molecular weight is 204 g/mol. The predicted molar refractivity (Wildman–Crippen MR) is 54.2 cm³/mol. The van der Waals surface area contributed by atoms with Gasteiger partial charge in [0, 0.05) is 12.8 Å². The summed E-state index contributed by atoms with van der Waals surface area (Å²) in [5.41, 5.74) is 0.0986. The van der Waals surface area contributed by atoms with Crippen LogP contribution in [0.5, 0.6) is 5.75 Å². The molecule has 0 radical (unpaired) electrons. The molecule has 1 aromatic rings. The Balaban J connectivity index is 2.01. The lowest BCUT2D eigenvalue weighted by molar-refractivity contribution is -0.0213. The number of carbonyl (C=O) groups excluding carboxylic acids is 1. The number of para-hydroxylation sites is 1. The highest BCUT2D eigenvalue weighted by molar-refractivity contribution is 6.07. The molecule has 0 saturated carbocycles. The van der Waals surface area contributed by atoms with E-state index >= 15 is 0 Å². The molecule has 0 aromatic heterocycles. The van der Waals surface area contributed by atoms with Crippen LogP contribution in [0.2, 0.25) is 0 Å². The highest BCUT2D eigenvalue weighted by Gasteiger charge is 2.48. The molecule has 3 heteroatoms. The molecule has 3 rings (SSSR count). The molecule has 2 aliphatic rings. The van der Waals surface area contributed by atoms with Crippen LogP contribution in [0.3, 0.4) is 0 Å². The molecular weight excluding hydrogens is 192 g/mol. The number of carbonyl (C=O) groups is 1. The standard InChI is InChI=1S/C12H12O3/c13-11-9-3-1-2-4-10(9)15-12(11)5-7-14-8-6-12/h1-4H,5-8H2. The largest absolute Gasteiger partial charge is 0.478 e. The number of ether oxygens (including phenoxy) is 2. The molecule has 0 aliphatic carbocycles. The van der Waals surface area contributed by atoms with Crippen molar-refractivity contribution in [3.8, 4) is 5.75 Å². The Bertz CT molecular complexity index is 405. The summed E-state index contributed by atoms with van der Waals surface area (Å²) < 4.78 is 11.1. The van der Waals surface area contributed by atoms with Gasteiger partial charge in [0.15, 0.2) is 5.60 Å². The molecule has 0 amide bonds. The van der Waals surface area contributed by atoms with Crippen molar-refractivity contribution in [2.24, 2.45) is 0 Å². The Labute approximate surface area is 88.0 Å². The zero-order valence-electron chi connectivity index (χ0n) is 8.36. The molecule has 15 heavy (non-hydrogen) atoms. The third-order valence-corrected chi connectivity index (χ3v) is 3.15. The number of fused-ring (bicyclic) bond motifs is 1. The summed E-state index contributed by atoms with van der Waals surface area (Å²) >= 11 is 0. The van der Waals surface area contributed by atoms with Crippen LogP contribution in [0, 0.1) is 0 Å². The minimum Gasteiger partial charge on any atom is -0.478 e. The van der Waals surface area contributed by atoms with E-state index in [4.69, 9.17) is 9.47 Å². The highest BCUT2D eigenvalue weighted by Crippen LogP contribution is 2.40. The number of Topliss-reactive ketones (excluding diaryl/α,β-unsaturated/α-hetero) is 1. The number of rotatable bonds is 0. The zero-order valence-corrected chi connectivity index (χ0v) is 8.36. The molecule has 2 heterocycles. The molecule has 3 nitrogen and oxygen atoms in total. The van der Waals surface area contributed by atoms with E-state index in [9.17, 15) is 4.79 Å². The maximum atomic E-state index is 12.2. The monoisotopic (exact) mass is 204 g/mol. The summed E-state index contributed by atoms with van der Waals surface area (Å²) in [5.74, 6) is 0.853. The fourth-order valence-corrected chi connectivity index (χ4v) is 2.28. The number of ketones is 1. The Kier molecular flexibility index (Phi) is 1.83. The molecule has 1 spiro atoms. The van der Waals surface area contributed by atoms with Crippen molar-refractivity contribution in [1.29, 1.82) is 0 Å². The summed E-state index contributed by atoms with van der Waals surface area (Å²) in [6.45, 7) is 1.22. The van der Waals surface area contributed by atoms with Crippen molar-refractivity contribution in [3.05, 3.63) is 29.8 Å². The average Bonchev–Trinajstić information content (AvgIpc) is 2.54. The lowest BCUT2D eigenvalue weighted by Gasteiger charge is -2.30. The Morgan fingerprint density at radius 2 is 1.87 bits per heavy atom. The van der Waals surface area contributed by atoms with E-state index in [1.807, 2.05) is 24.3 Å². The van der Waals surface area contributed by atoms with Crippen LogP contribution in [0.15, 0.2) is 24.3 Å². The van der Waals surface area contributed by atoms with Gasteiger partial charge in [0.05, 0.1) is 18.8 Å². The van der Waals surface area contributed by atoms with E-state index in [2.05, 4.69) is 0 Å². The first-order chi connectivity index (χ1) is 7.32. The molecule has 0 atom stereocenters. The summed E-state index contributed by atoms with van der Waals surface area (Å²) in [6, 6.07) is 7.46. The third-order valence-electron chi connectivity index (χ3n) is 3.15. The topological polar surface area (TPSA) is 35.5 Å². The third kappa shape index (κ3) is 1.20. The fourth-order valence-electron chi connectivity index (χ4n) is 2.28. The van der Waals surface area contributed by atoms with E-state index in [1.165, 1.54) is 0 Å². The van der Waals surface area contributed by atoms with Gasteiger partial charge in [-0.2, -0.15) is 0 Å². The molecule has 1 aromatic carbocycles. The summed E-state index contributed by atoms with van der Waals surface area (Å²) in [5, 5.41) is 0. The van der Waals surface area contributed by atoms with E-state index in [0.29, 0.717) is 26.1 Å². The van der Waals surface area contributed by atoms with Crippen LogP contribution in [-0.4, -0.2) is 24.6 Å². The van der Waals surface area contributed by atoms with E-state index in [0.717, 1.165) is 11.3 Å². The van der Waals surface area contributed by atoms with Crippen LogP contribution >= 0.6 is 0 Å². The van der Waals surface area contributed by atoms with Gasteiger partial charge >= 0.3 is 0 Å². The van der Waals surface area contributed by atoms with Crippen molar-refractivity contribution < 1.29 is 14.3 Å². The first kappa shape index (κ1) is 8.92. The minimum absolute atomic E-state index is 0.126. The van der Waals surface area contributed by atoms with Gasteiger partial charge in [-0.1, -0.05) is 12.1 Å². The summed E-state index contributed by atoms with van der Waals surface area (Å²) in [4.78, 5) is 12.2. The second-order valence-corrected chi connectivity index (χ2v) is 4.03. The maximum Gasteiger partial charge on any atom is 0.210 e. The van der Waals surface area contributed by atoms with Crippen LogP contribution in [-0.2, 0) is 4.74 Å². The zero-order chi connectivity index (χ0) is 10.3. The second-order valence-electron chi connectivity index (χ2n) is 4.03. The van der Waals surface area contributed by atoms with Crippen LogP contribution in [0.25, 0.3) is 0 Å².